The molecule has 0 atom stereocenters. The van der Waals surface area contributed by atoms with Crippen molar-refractivity contribution < 1.29 is 13.9 Å². The van der Waals surface area contributed by atoms with Crippen LogP contribution in [0.2, 0.25) is 10.0 Å². The highest BCUT2D eigenvalue weighted by Gasteiger charge is 2.18. The molecule has 0 spiro atoms. The number of halogens is 3. The van der Waals surface area contributed by atoms with Gasteiger partial charge in [0.15, 0.2) is 11.5 Å². The third kappa shape index (κ3) is 2.76. The normalized spacial score (nSPS) is 12.6. The summed E-state index contributed by atoms with van der Waals surface area (Å²) in [6, 6.07) is 7.90. The smallest absolute Gasteiger partial charge is 0.231 e. The van der Waals surface area contributed by atoms with Crippen LogP contribution in [0.5, 0.6) is 11.5 Å². The van der Waals surface area contributed by atoms with Gasteiger partial charge in [0.25, 0.3) is 0 Å². The lowest BCUT2D eigenvalue weighted by atomic mass is 10.2. The maximum Gasteiger partial charge on any atom is 0.231 e. The molecule has 1 aliphatic rings. The summed E-state index contributed by atoms with van der Waals surface area (Å²) in [5.74, 6) is 0.791. The van der Waals surface area contributed by atoms with Crippen molar-refractivity contribution in [1.29, 1.82) is 0 Å². The molecule has 0 fully saturated rings. The third-order valence-electron chi connectivity index (χ3n) is 2.85. The van der Waals surface area contributed by atoms with E-state index in [1.54, 1.807) is 12.1 Å². The van der Waals surface area contributed by atoms with Crippen molar-refractivity contribution in [1.82, 2.24) is 0 Å². The van der Waals surface area contributed by atoms with Crippen molar-refractivity contribution in [3.63, 3.8) is 0 Å². The average molecular weight is 314 g/mol. The molecule has 1 N–H and O–H groups in total. The van der Waals surface area contributed by atoms with Crippen LogP contribution in [0.15, 0.2) is 30.3 Å². The Bertz CT molecular complexity index is 644. The number of fused-ring (bicyclic) bond motifs is 1. The Morgan fingerprint density at radius 2 is 1.95 bits per heavy atom. The lowest BCUT2D eigenvalue weighted by Crippen LogP contribution is -2.00. The predicted molar refractivity (Wildman–Crippen MR) is 76.3 cm³/mol. The van der Waals surface area contributed by atoms with E-state index in [4.69, 9.17) is 32.7 Å². The Morgan fingerprint density at radius 3 is 2.75 bits per heavy atom. The Morgan fingerprint density at radius 1 is 1.10 bits per heavy atom. The van der Waals surface area contributed by atoms with Gasteiger partial charge in [-0.3, -0.25) is 0 Å². The van der Waals surface area contributed by atoms with Crippen LogP contribution in [0, 0.1) is 5.82 Å². The minimum atomic E-state index is -0.385. The summed E-state index contributed by atoms with van der Waals surface area (Å²) in [4.78, 5) is 0. The summed E-state index contributed by atoms with van der Waals surface area (Å²) < 4.78 is 23.7. The molecule has 0 aliphatic carbocycles. The van der Waals surface area contributed by atoms with Crippen LogP contribution in [0.3, 0.4) is 0 Å². The zero-order valence-corrected chi connectivity index (χ0v) is 11.8. The number of rotatable bonds is 3. The zero-order chi connectivity index (χ0) is 14.1. The molecule has 1 aliphatic heterocycles. The highest BCUT2D eigenvalue weighted by molar-refractivity contribution is 6.32. The minimum absolute atomic E-state index is 0.172. The zero-order valence-electron chi connectivity index (χ0n) is 10.3. The van der Waals surface area contributed by atoms with E-state index in [-0.39, 0.29) is 12.6 Å². The van der Waals surface area contributed by atoms with Crippen molar-refractivity contribution in [3.05, 3.63) is 51.8 Å². The van der Waals surface area contributed by atoms with Crippen LogP contribution in [0.1, 0.15) is 5.56 Å². The lowest BCUT2D eigenvalue weighted by molar-refractivity contribution is 0.174. The van der Waals surface area contributed by atoms with E-state index >= 15 is 0 Å². The molecule has 6 heteroatoms. The summed E-state index contributed by atoms with van der Waals surface area (Å²) in [5.41, 5.74) is 1.50. The topological polar surface area (TPSA) is 30.5 Å². The Kier molecular flexibility index (Phi) is 3.59. The van der Waals surface area contributed by atoms with Crippen molar-refractivity contribution >= 4 is 28.9 Å². The minimum Gasteiger partial charge on any atom is -0.454 e. The fourth-order valence-corrected chi connectivity index (χ4v) is 2.49. The maximum absolute atomic E-state index is 13.2. The van der Waals surface area contributed by atoms with Gasteiger partial charge >= 0.3 is 0 Å². The van der Waals surface area contributed by atoms with E-state index in [1.807, 2.05) is 6.07 Å². The number of hydrogen-bond donors (Lipinski definition) is 1. The first kappa shape index (κ1) is 13.3. The molecule has 0 bridgehead atoms. The molecular weight excluding hydrogens is 304 g/mol. The van der Waals surface area contributed by atoms with Gasteiger partial charge in [0.1, 0.15) is 5.82 Å². The van der Waals surface area contributed by atoms with Gasteiger partial charge in [-0.15, -0.1) is 0 Å². The molecule has 20 heavy (non-hydrogen) atoms. The second kappa shape index (κ2) is 5.38. The number of nitrogens with one attached hydrogen (secondary N) is 1. The molecule has 1 heterocycles. The molecular formula is C14H10Cl2FNO2. The van der Waals surface area contributed by atoms with Gasteiger partial charge in [-0.1, -0.05) is 23.2 Å². The Hall–Kier alpha value is -1.65. The van der Waals surface area contributed by atoms with Crippen molar-refractivity contribution in [2.45, 2.75) is 6.54 Å². The molecule has 2 aromatic carbocycles. The standard InChI is InChI=1S/C14H10Cl2FNO2/c15-9-3-10(17)5-11(4-9)18-6-8-1-12(16)14-13(2-8)19-7-20-14/h1-5,18H,6-7H2. The van der Waals surface area contributed by atoms with E-state index < -0.39 is 0 Å². The number of anilines is 1. The number of ether oxygens (including phenoxy) is 2. The van der Waals surface area contributed by atoms with Crippen molar-refractivity contribution in [2.24, 2.45) is 0 Å². The molecule has 3 nitrogen and oxygen atoms in total. The lowest BCUT2D eigenvalue weighted by Gasteiger charge is -2.09. The van der Waals surface area contributed by atoms with Crippen LogP contribution in [-0.4, -0.2) is 6.79 Å². The van der Waals surface area contributed by atoms with E-state index in [0.29, 0.717) is 33.8 Å². The molecule has 0 amide bonds. The first-order valence-corrected chi connectivity index (χ1v) is 6.65. The van der Waals surface area contributed by atoms with Gasteiger partial charge < -0.3 is 14.8 Å². The van der Waals surface area contributed by atoms with Crippen LogP contribution >= 0.6 is 23.2 Å². The maximum atomic E-state index is 13.2. The Labute approximate surface area is 125 Å². The first-order chi connectivity index (χ1) is 9.61. The molecule has 0 saturated carbocycles. The fourth-order valence-electron chi connectivity index (χ4n) is 1.98. The van der Waals surface area contributed by atoms with Crippen LogP contribution in [0.25, 0.3) is 0 Å². The van der Waals surface area contributed by atoms with Gasteiger partial charge in [-0.25, -0.2) is 4.39 Å². The molecule has 0 aromatic heterocycles. The van der Waals surface area contributed by atoms with Gasteiger partial charge in [-0.05, 0) is 35.9 Å². The number of benzene rings is 2. The summed E-state index contributed by atoms with van der Waals surface area (Å²) in [6.07, 6.45) is 0. The number of hydrogen-bond acceptors (Lipinski definition) is 3. The van der Waals surface area contributed by atoms with Crippen LogP contribution in [-0.2, 0) is 6.54 Å². The summed E-state index contributed by atoms with van der Waals surface area (Å²) in [7, 11) is 0. The summed E-state index contributed by atoms with van der Waals surface area (Å²) in [6.45, 7) is 0.640. The highest BCUT2D eigenvalue weighted by atomic mass is 35.5. The fraction of sp³-hybridized carbons (Fsp3) is 0.143. The van der Waals surface area contributed by atoms with Gasteiger partial charge in [0.2, 0.25) is 6.79 Å². The van der Waals surface area contributed by atoms with Crippen molar-refractivity contribution in [3.8, 4) is 11.5 Å². The summed E-state index contributed by atoms with van der Waals surface area (Å²) in [5, 5.41) is 3.92. The molecule has 2 aromatic rings. The molecule has 0 saturated heterocycles. The van der Waals surface area contributed by atoms with Crippen LogP contribution in [0.4, 0.5) is 10.1 Å². The molecule has 104 valence electrons. The van der Waals surface area contributed by atoms with Gasteiger partial charge in [-0.2, -0.15) is 0 Å². The monoisotopic (exact) mass is 313 g/mol. The third-order valence-corrected chi connectivity index (χ3v) is 3.35. The first-order valence-electron chi connectivity index (χ1n) is 5.90. The van der Waals surface area contributed by atoms with E-state index in [2.05, 4.69) is 5.32 Å². The predicted octanol–water partition coefficient (Wildman–Crippen LogP) is 4.47. The molecule has 0 unspecified atom stereocenters. The van der Waals surface area contributed by atoms with Crippen molar-refractivity contribution in [2.75, 3.05) is 12.1 Å². The Balaban J connectivity index is 1.77. The average Bonchev–Trinajstić information content (AvgIpc) is 2.84. The van der Waals surface area contributed by atoms with E-state index in [0.717, 1.165) is 5.56 Å². The van der Waals surface area contributed by atoms with Gasteiger partial charge in [0.05, 0.1) is 5.02 Å². The highest BCUT2D eigenvalue weighted by Crippen LogP contribution is 2.39. The van der Waals surface area contributed by atoms with Crippen LogP contribution < -0.4 is 14.8 Å². The second-order valence-electron chi connectivity index (χ2n) is 4.32. The largest absolute Gasteiger partial charge is 0.454 e. The van der Waals surface area contributed by atoms with Gasteiger partial charge in [0, 0.05) is 17.3 Å². The van der Waals surface area contributed by atoms with E-state index in [1.165, 1.54) is 12.1 Å². The second-order valence-corrected chi connectivity index (χ2v) is 5.17. The SMILES string of the molecule is Fc1cc(Cl)cc(NCc2cc(Cl)c3c(c2)OCO3)c1. The van der Waals surface area contributed by atoms with E-state index in [9.17, 15) is 4.39 Å². The quantitative estimate of drug-likeness (QED) is 0.906. The molecule has 0 radical (unpaired) electrons. The molecule has 3 rings (SSSR count). The summed E-state index contributed by atoms with van der Waals surface area (Å²) >= 11 is 11.9.